The Balaban J connectivity index is 1.61. The summed E-state index contributed by atoms with van der Waals surface area (Å²) in [6.07, 6.45) is 4.96. The summed E-state index contributed by atoms with van der Waals surface area (Å²) in [6.45, 7) is 7.14. The summed E-state index contributed by atoms with van der Waals surface area (Å²) in [5, 5.41) is 6.19. The number of carbonyl (C=O) groups excluding carboxylic acids is 2. The Morgan fingerprint density at radius 3 is 2.36 bits per heavy atom. The van der Waals surface area contributed by atoms with E-state index in [9.17, 15) is 14.0 Å². The van der Waals surface area contributed by atoms with Crippen molar-refractivity contribution in [2.24, 2.45) is 0 Å². The second kappa shape index (κ2) is 8.10. The molecular weight excluding hydrogens is 357 g/mol. The van der Waals surface area contributed by atoms with Crippen molar-refractivity contribution in [2.45, 2.75) is 76.3 Å². The van der Waals surface area contributed by atoms with Gasteiger partial charge in [-0.05, 0) is 64.2 Å². The third-order valence-corrected chi connectivity index (χ3v) is 5.87. The third kappa shape index (κ3) is 4.65. The number of carbonyl (C=O) groups is 2. The second-order valence-corrected chi connectivity index (χ2v) is 9.21. The predicted molar refractivity (Wildman–Crippen MR) is 108 cm³/mol. The van der Waals surface area contributed by atoms with Crippen LogP contribution in [0.2, 0.25) is 0 Å². The fraction of sp³-hybridized carbons (Fsp3) is 0.636. The number of piperidine rings is 1. The predicted octanol–water partition coefficient (Wildman–Crippen LogP) is 3.73. The zero-order valence-corrected chi connectivity index (χ0v) is 17.2. The van der Waals surface area contributed by atoms with Gasteiger partial charge in [0.15, 0.2) is 0 Å². The lowest BCUT2D eigenvalue weighted by atomic mass is 9.77. The molecular formula is C22H32FN3O2. The maximum atomic E-state index is 13.8. The fourth-order valence-corrected chi connectivity index (χ4v) is 4.36. The Bertz CT molecular complexity index is 715. The SMILES string of the molecule is CC(C)(C)NC(=O)N1CCC(NC(=O)C2(c3cccc(F)c3)CCCC2)CC1. The zero-order valence-electron chi connectivity index (χ0n) is 17.2. The van der Waals surface area contributed by atoms with Crippen LogP contribution < -0.4 is 10.6 Å². The van der Waals surface area contributed by atoms with Crippen molar-refractivity contribution >= 4 is 11.9 Å². The number of urea groups is 1. The van der Waals surface area contributed by atoms with E-state index in [0.29, 0.717) is 13.1 Å². The number of amides is 3. The molecule has 3 amide bonds. The molecule has 1 aromatic rings. The van der Waals surface area contributed by atoms with Gasteiger partial charge in [0.25, 0.3) is 0 Å². The fourth-order valence-electron chi connectivity index (χ4n) is 4.36. The molecule has 0 spiro atoms. The number of hydrogen-bond acceptors (Lipinski definition) is 2. The van der Waals surface area contributed by atoms with E-state index in [1.165, 1.54) is 12.1 Å². The monoisotopic (exact) mass is 389 g/mol. The minimum atomic E-state index is -0.622. The van der Waals surface area contributed by atoms with Crippen LogP contribution in [0.3, 0.4) is 0 Å². The van der Waals surface area contributed by atoms with Crippen molar-refractivity contribution < 1.29 is 14.0 Å². The molecule has 1 saturated carbocycles. The van der Waals surface area contributed by atoms with Gasteiger partial charge in [0.2, 0.25) is 5.91 Å². The van der Waals surface area contributed by atoms with Gasteiger partial charge >= 0.3 is 6.03 Å². The smallest absolute Gasteiger partial charge is 0.317 e. The molecule has 2 N–H and O–H groups in total. The number of nitrogens with one attached hydrogen (secondary N) is 2. The first-order valence-electron chi connectivity index (χ1n) is 10.3. The summed E-state index contributed by atoms with van der Waals surface area (Å²) in [5.41, 5.74) is -0.102. The highest BCUT2D eigenvalue weighted by molar-refractivity contribution is 5.89. The van der Waals surface area contributed by atoms with Crippen LogP contribution in [0.4, 0.5) is 9.18 Å². The van der Waals surface area contributed by atoms with Crippen LogP contribution in [-0.4, -0.2) is 41.5 Å². The normalized spacial score (nSPS) is 20.1. The Labute approximate surface area is 167 Å². The van der Waals surface area contributed by atoms with Gasteiger partial charge in [0.1, 0.15) is 5.82 Å². The topological polar surface area (TPSA) is 61.4 Å². The highest BCUT2D eigenvalue weighted by atomic mass is 19.1. The summed E-state index contributed by atoms with van der Waals surface area (Å²) in [6, 6.07) is 6.48. The average Bonchev–Trinajstić information content (AvgIpc) is 3.12. The van der Waals surface area contributed by atoms with Crippen LogP contribution in [0.1, 0.15) is 64.9 Å². The molecule has 0 radical (unpaired) electrons. The molecule has 0 aromatic heterocycles. The van der Waals surface area contributed by atoms with Gasteiger partial charge in [-0.15, -0.1) is 0 Å². The molecule has 0 bridgehead atoms. The zero-order chi connectivity index (χ0) is 20.4. The standard InChI is InChI=1S/C22H32FN3O2/c1-21(2,3)25-20(28)26-13-9-18(10-14-26)24-19(27)22(11-4-5-12-22)16-7-6-8-17(23)15-16/h6-8,15,18H,4-5,9-14H2,1-3H3,(H,24,27)(H,25,28). The molecule has 0 atom stereocenters. The van der Waals surface area contributed by atoms with Crippen LogP contribution in [0.5, 0.6) is 0 Å². The number of nitrogens with zero attached hydrogens (tertiary/aromatic N) is 1. The van der Waals surface area contributed by atoms with E-state index >= 15 is 0 Å². The first kappa shape index (κ1) is 20.6. The number of benzene rings is 1. The first-order chi connectivity index (χ1) is 13.2. The van der Waals surface area contributed by atoms with Crippen LogP contribution in [0.25, 0.3) is 0 Å². The molecule has 2 fully saturated rings. The Kier molecular flexibility index (Phi) is 5.96. The molecule has 1 aromatic carbocycles. The molecule has 3 rings (SSSR count). The van der Waals surface area contributed by atoms with Gasteiger partial charge in [0.05, 0.1) is 5.41 Å². The van der Waals surface area contributed by atoms with E-state index in [1.807, 2.05) is 31.7 Å². The minimum absolute atomic E-state index is 0.00759. The maximum absolute atomic E-state index is 13.8. The molecule has 1 saturated heterocycles. The number of rotatable bonds is 3. The summed E-state index contributed by atoms with van der Waals surface area (Å²) in [7, 11) is 0. The number of likely N-dealkylation sites (tertiary alicyclic amines) is 1. The van der Waals surface area contributed by atoms with Crippen molar-refractivity contribution in [1.82, 2.24) is 15.5 Å². The van der Waals surface area contributed by atoms with Gasteiger partial charge in [-0.3, -0.25) is 4.79 Å². The van der Waals surface area contributed by atoms with Gasteiger partial charge in [-0.25, -0.2) is 9.18 Å². The highest BCUT2D eigenvalue weighted by Crippen LogP contribution is 2.41. The summed E-state index contributed by atoms with van der Waals surface area (Å²) in [5.74, 6) is -0.289. The van der Waals surface area contributed by atoms with E-state index in [2.05, 4.69) is 10.6 Å². The van der Waals surface area contributed by atoms with E-state index < -0.39 is 5.41 Å². The largest absolute Gasteiger partial charge is 0.352 e. The van der Waals surface area contributed by atoms with Crippen LogP contribution >= 0.6 is 0 Å². The first-order valence-corrected chi connectivity index (χ1v) is 10.3. The van der Waals surface area contributed by atoms with Crippen molar-refractivity contribution in [3.63, 3.8) is 0 Å². The van der Waals surface area contributed by atoms with Crippen molar-refractivity contribution in [3.8, 4) is 0 Å². The molecule has 1 aliphatic carbocycles. The molecule has 5 nitrogen and oxygen atoms in total. The van der Waals surface area contributed by atoms with Gasteiger partial charge in [0, 0.05) is 24.7 Å². The molecule has 0 unspecified atom stereocenters. The van der Waals surface area contributed by atoms with E-state index in [4.69, 9.17) is 0 Å². The molecule has 1 heterocycles. The van der Waals surface area contributed by atoms with Gasteiger partial charge in [-0.1, -0.05) is 25.0 Å². The minimum Gasteiger partial charge on any atom is -0.352 e. The van der Waals surface area contributed by atoms with E-state index in [-0.39, 0.29) is 29.3 Å². The molecule has 28 heavy (non-hydrogen) atoms. The third-order valence-electron chi connectivity index (χ3n) is 5.87. The van der Waals surface area contributed by atoms with Crippen LogP contribution in [-0.2, 0) is 10.2 Å². The highest BCUT2D eigenvalue weighted by Gasteiger charge is 2.43. The van der Waals surface area contributed by atoms with Gasteiger partial charge < -0.3 is 15.5 Å². The lowest BCUT2D eigenvalue weighted by molar-refractivity contribution is -0.127. The molecule has 2 aliphatic rings. The summed E-state index contributed by atoms with van der Waals surface area (Å²) in [4.78, 5) is 27.3. The van der Waals surface area contributed by atoms with E-state index in [0.717, 1.165) is 44.1 Å². The van der Waals surface area contributed by atoms with Crippen molar-refractivity contribution in [1.29, 1.82) is 0 Å². The van der Waals surface area contributed by atoms with E-state index in [1.54, 1.807) is 6.07 Å². The Hall–Kier alpha value is -2.11. The second-order valence-electron chi connectivity index (χ2n) is 9.21. The number of hydrogen-bond donors (Lipinski definition) is 2. The lowest BCUT2D eigenvalue weighted by Gasteiger charge is -2.36. The maximum Gasteiger partial charge on any atom is 0.317 e. The quantitative estimate of drug-likeness (QED) is 0.828. The van der Waals surface area contributed by atoms with Crippen LogP contribution in [0.15, 0.2) is 24.3 Å². The Morgan fingerprint density at radius 2 is 1.79 bits per heavy atom. The van der Waals surface area contributed by atoms with Crippen molar-refractivity contribution in [2.75, 3.05) is 13.1 Å². The Morgan fingerprint density at radius 1 is 1.14 bits per heavy atom. The molecule has 154 valence electrons. The average molecular weight is 390 g/mol. The summed E-state index contributed by atoms with van der Waals surface area (Å²) >= 11 is 0. The van der Waals surface area contributed by atoms with Crippen LogP contribution in [0, 0.1) is 5.82 Å². The summed E-state index contributed by atoms with van der Waals surface area (Å²) < 4.78 is 13.8. The number of halogens is 1. The molecule has 6 heteroatoms. The molecule has 1 aliphatic heterocycles. The van der Waals surface area contributed by atoms with Crippen molar-refractivity contribution in [3.05, 3.63) is 35.6 Å². The van der Waals surface area contributed by atoms with Gasteiger partial charge in [-0.2, -0.15) is 0 Å². The lowest BCUT2D eigenvalue weighted by Crippen LogP contribution is -2.54.